The molecule has 0 N–H and O–H groups in total. The lowest BCUT2D eigenvalue weighted by Crippen LogP contribution is -2.32. The molecule has 0 bridgehead atoms. The number of furan rings is 1. The first-order valence-electron chi connectivity index (χ1n) is 10.1. The Hall–Kier alpha value is -3.94. The average molecular weight is 435 g/mol. The van der Waals surface area contributed by atoms with Crippen LogP contribution >= 0.6 is 0 Å². The van der Waals surface area contributed by atoms with E-state index in [1.807, 2.05) is 17.9 Å². The smallest absolute Gasteiger partial charge is 0.337 e. The number of hydrogen-bond acceptors (Lipinski definition) is 6. The van der Waals surface area contributed by atoms with Crippen LogP contribution in [0.25, 0.3) is 16.6 Å². The first-order chi connectivity index (χ1) is 15.4. The second-order valence-electron chi connectivity index (χ2n) is 7.30. The van der Waals surface area contributed by atoms with Crippen molar-refractivity contribution < 1.29 is 18.3 Å². The van der Waals surface area contributed by atoms with Crippen LogP contribution < -0.4 is 10.5 Å². The van der Waals surface area contributed by atoms with Crippen LogP contribution in [0.2, 0.25) is 0 Å². The van der Waals surface area contributed by atoms with Crippen molar-refractivity contribution in [3.05, 3.63) is 87.9 Å². The first-order valence-corrected chi connectivity index (χ1v) is 10.1. The SMILES string of the molecule is CCN(Cc1ccco1)c1nc2cc(C(=O)OC)ccc2c(=O)n1-c1ccc(C)c(F)c1. The molecule has 32 heavy (non-hydrogen) atoms. The number of ether oxygens (including phenoxy) is 1. The van der Waals surface area contributed by atoms with Crippen molar-refractivity contribution >= 4 is 22.8 Å². The van der Waals surface area contributed by atoms with Gasteiger partial charge < -0.3 is 14.1 Å². The topological polar surface area (TPSA) is 77.6 Å². The Bertz CT molecular complexity index is 1350. The summed E-state index contributed by atoms with van der Waals surface area (Å²) < 4.78 is 26.0. The fourth-order valence-electron chi connectivity index (χ4n) is 3.50. The van der Waals surface area contributed by atoms with Crippen molar-refractivity contribution in [3.8, 4) is 5.69 Å². The van der Waals surface area contributed by atoms with Crippen LogP contribution in [0.4, 0.5) is 10.3 Å². The summed E-state index contributed by atoms with van der Waals surface area (Å²) in [6.45, 7) is 4.44. The van der Waals surface area contributed by atoms with Crippen LogP contribution in [0.5, 0.6) is 0 Å². The third-order valence-electron chi connectivity index (χ3n) is 5.28. The van der Waals surface area contributed by atoms with Crippen molar-refractivity contribution in [3.63, 3.8) is 0 Å². The molecule has 8 heteroatoms. The number of esters is 1. The maximum atomic E-state index is 14.4. The van der Waals surface area contributed by atoms with Gasteiger partial charge in [-0.25, -0.2) is 18.7 Å². The van der Waals surface area contributed by atoms with Crippen LogP contribution in [0, 0.1) is 12.7 Å². The minimum absolute atomic E-state index is 0.283. The van der Waals surface area contributed by atoms with Crippen molar-refractivity contribution in [2.24, 2.45) is 0 Å². The Morgan fingerprint density at radius 2 is 2.03 bits per heavy atom. The number of methoxy groups -OCH3 is 1. The Labute approximate surface area is 183 Å². The van der Waals surface area contributed by atoms with E-state index in [1.165, 1.54) is 35.9 Å². The molecule has 2 heterocycles. The number of benzene rings is 2. The van der Waals surface area contributed by atoms with Gasteiger partial charge in [0.2, 0.25) is 5.95 Å². The molecule has 0 atom stereocenters. The van der Waals surface area contributed by atoms with E-state index >= 15 is 0 Å². The van der Waals surface area contributed by atoms with Gasteiger partial charge in [0, 0.05) is 6.54 Å². The number of anilines is 1. The van der Waals surface area contributed by atoms with Gasteiger partial charge >= 0.3 is 5.97 Å². The summed E-state index contributed by atoms with van der Waals surface area (Å²) in [5, 5.41) is 0.302. The molecule has 4 rings (SSSR count). The van der Waals surface area contributed by atoms with Crippen LogP contribution in [0.3, 0.4) is 0 Å². The highest BCUT2D eigenvalue weighted by Gasteiger charge is 2.20. The summed E-state index contributed by atoms with van der Waals surface area (Å²) in [5.74, 6) is 0.0522. The maximum Gasteiger partial charge on any atom is 0.337 e. The standard InChI is InChI=1S/C24H22FN3O4/c1-4-27(14-18-6-5-11-32-18)24-26-21-12-16(23(30)31-3)8-10-19(21)22(29)28(24)17-9-7-15(2)20(25)13-17/h5-13H,4,14H2,1-3H3. The average Bonchev–Trinajstić information content (AvgIpc) is 3.31. The predicted molar refractivity (Wildman–Crippen MR) is 119 cm³/mol. The highest BCUT2D eigenvalue weighted by molar-refractivity contribution is 5.94. The number of halogens is 1. The lowest BCUT2D eigenvalue weighted by atomic mass is 10.1. The fourth-order valence-corrected chi connectivity index (χ4v) is 3.50. The van der Waals surface area contributed by atoms with Crippen LogP contribution in [-0.4, -0.2) is 29.2 Å². The van der Waals surface area contributed by atoms with Gasteiger partial charge in [0.25, 0.3) is 5.56 Å². The minimum atomic E-state index is -0.525. The molecule has 0 saturated heterocycles. The summed E-state index contributed by atoms with van der Waals surface area (Å²) in [6, 6.07) is 12.8. The molecule has 0 unspecified atom stereocenters. The molecule has 0 aliphatic heterocycles. The van der Waals surface area contributed by atoms with Gasteiger partial charge in [0.15, 0.2) is 0 Å². The zero-order valence-corrected chi connectivity index (χ0v) is 18.0. The van der Waals surface area contributed by atoms with Gasteiger partial charge in [0.1, 0.15) is 11.6 Å². The van der Waals surface area contributed by atoms with Crippen molar-refractivity contribution in [2.75, 3.05) is 18.6 Å². The van der Waals surface area contributed by atoms with Gasteiger partial charge in [-0.1, -0.05) is 6.07 Å². The number of carbonyl (C=O) groups excluding carboxylic acids is 1. The van der Waals surface area contributed by atoms with E-state index in [0.29, 0.717) is 47.0 Å². The van der Waals surface area contributed by atoms with Crippen molar-refractivity contribution in [1.29, 1.82) is 0 Å². The zero-order chi connectivity index (χ0) is 22.8. The fraction of sp³-hybridized carbons (Fsp3) is 0.208. The molecule has 0 aliphatic carbocycles. The molecule has 7 nitrogen and oxygen atoms in total. The largest absolute Gasteiger partial charge is 0.467 e. The van der Waals surface area contributed by atoms with E-state index in [-0.39, 0.29) is 11.1 Å². The van der Waals surface area contributed by atoms with E-state index < -0.39 is 11.8 Å². The zero-order valence-electron chi connectivity index (χ0n) is 18.0. The summed E-state index contributed by atoms with van der Waals surface area (Å²) >= 11 is 0. The van der Waals surface area contributed by atoms with Crippen LogP contribution in [-0.2, 0) is 11.3 Å². The number of nitrogens with zero attached hydrogens (tertiary/aromatic N) is 3. The summed E-state index contributed by atoms with van der Waals surface area (Å²) in [6.07, 6.45) is 1.57. The Balaban J connectivity index is 1.98. The molecule has 164 valence electrons. The second-order valence-corrected chi connectivity index (χ2v) is 7.30. The number of fused-ring (bicyclic) bond motifs is 1. The van der Waals surface area contributed by atoms with E-state index in [9.17, 15) is 14.0 Å². The maximum absolute atomic E-state index is 14.4. The van der Waals surface area contributed by atoms with Gasteiger partial charge in [-0.2, -0.15) is 0 Å². The second kappa shape index (κ2) is 8.66. The summed E-state index contributed by atoms with van der Waals surface area (Å²) in [7, 11) is 1.29. The Kier molecular flexibility index (Phi) is 5.77. The highest BCUT2D eigenvalue weighted by atomic mass is 19.1. The monoisotopic (exact) mass is 435 g/mol. The molecular weight excluding hydrogens is 413 g/mol. The number of carbonyl (C=O) groups is 1. The molecule has 0 amide bonds. The summed E-state index contributed by atoms with van der Waals surface area (Å²) in [5.41, 5.74) is 1.09. The van der Waals surface area contributed by atoms with Gasteiger partial charge in [-0.15, -0.1) is 0 Å². The molecule has 0 fully saturated rings. The van der Waals surface area contributed by atoms with E-state index in [4.69, 9.17) is 14.1 Å². The molecule has 0 spiro atoms. The molecule has 0 aliphatic rings. The minimum Gasteiger partial charge on any atom is -0.467 e. The van der Waals surface area contributed by atoms with E-state index in [0.717, 1.165) is 0 Å². The van der Waals surface area contributed by atoms with E-state index in [2.05, 4.69) is 0 Å². The molecule has 0 saturated carbocycles. The molecular formula is C24H22FN3O4. The quantitative estimate of drug-likeness (QED) is 0.422. The molecule has 2 aromatic heterocycles. The third kappa shape index (κ3) is 3.87. The van der Waals surface area contributed by atoms with E-state index in [1.54, 1.807) is 31.4 Å². The Morgan fingerprint density at radius 3 is 2.69 bits per heavy atom. The summed E-state index contributed by atoms with van der Waals surface area (Å²) in [4.78, 5) is 32.1. The highest BCUT2D eigenvalue weighted by Crippen LogP contribution is 2.23. The van der Waals surface area contributed by atoms with Gasteiger partial charge in [-0.05, 0) is 61.9 Å². The first kappa shape index (κ1) is 21.3. The van der Waals surface area contributed by atoms with Crippen LogP contribution in [0.15, 0.2) is 64.0 Å². The molecule has 0 radical (unpaired) electrons. The number of rotatable bonds is 6. The van der Waals surface area contributed by atoms with Crippen LogP contribution in [0.1, 0.15) is 28.6 Å². The predicted octanol–water partition coefficient (Wildman–Crippen LogP) is 4.24. The van der Waals surface area contributed by atoms with Gasteiger partial charge in [0.05, 0.1) is 42.1 Å². The third-order valence-corrected chi connectivity index (χ3v) is 5.28. The van der Waals surface area contributed by atoms with Crippen molar-refractivity contribution in [1.82, 2.24) is 9.55 Å². The van der Waals surface area contributed by atoms with Crippen molar-refractivity contribution in [2.45, 2.75) is 20.4 Å². The number of aromatic nitrogens is 2. The normalized spacial score (nSPS) is 11.0. The van der Waals surface area contributed by atoms with Gasteiger partial charge in [-0.3, -0.25) is 4.79 Å². The number of aryl methyl sites for hydroxylation is 1. The lowest BCUT2D eigenvalue weighted by molar-refractivity contribution is 0.0601. The lowest BCUT2D eigenvalue weighted by Gasteiger charge is -2.25. The Morgan fingerprint density at radius 1 is 1.22 bits per heavy atom. The molecule has 2 aromatic carbocycles. The molecule has 4 aromatic rings. The number of hydrogen-bond donors (Lipinski definition) is 0.